The Hall–Kier alpha value is -0.580. The van der Waals surface area contributed by atoms with Gasteiger partial charge in [0.25, 0.3) is 0 Å². The molecule has 0 saturated carbocycles. The number of rotatable bonds is 4. The largest absolute Gasteiger partial charge is 0.389 e. The van der Waals surface area contributed by atoms with Gasteiger partial charge in [-0.15, -0.1) is 0 Å². The first-order valence-corrected chi connectivity index (χ1v) is 8.28. The first-order valence-electron chi connectivity index (χ1n) is 7.49. The van der Waals surface area contributed by atoms with Crippen molar-refractivity contribution in [3.05, 3.63) is 28.2 Å². The molecule has 0 spiro atoms. The normalized spacial score (nSPS) is 19.9. The number of hydrogen-bond donors (Lipinski definition) is 1. The molecule has 1 fully saturated rings. The van der Waals surface area contributed by atoms with Crippen LogP contribution < -0.4 is 4.90 Å². The third kappa shape index (κ3) is 3.54. The topological polar surface area (TPSA) is 26.7 Å². The maximum Gasteiger partial charge on any atom is 0.0772 e. The van der Waals surface area contributed by atoms with Crippen molar-refractivity contribution in [3.63, 3.8) is 0 Å². The highest BCUT2D eigenvalue weighted by Gasteiger charge is 2.20. The molecule has 112 valence electrons. The molecule has 2 unspecified atom stereocenters. The van der Waals surface area contributed by atoms with Crippen LogP contribution in [0.4, 0.5) is 5.69 Å². The van der Waals surface area contributed by atoms with Crippen LogP contribution in [-0.4, -0.2) is 42.2 Å². The summed E-state index contributed by atoms with van der Waals surface area (Å²) in [6, 6.07) is 6.94. The number of aliphatic hydroxyl groups is 1. The molecule has 2 atom stereocenters. The lowest BCUT2D eigenvalue weighted by Gasteiger charge is -2.39. The number of anilines is 1. The van der Waals surface area contributed by atoms with Gasteiger partial charge in [-0.25, -0.2) is 0 Å². The van der Waals surface area contributed by atoms with E-state index in [1.165, 1.54) is 12.1 Å². The zero-order valence-corrected chi connectivity index (χ0v) is 14.2. The van der Waals surface area contributed by atoms with Crippen LogP contribution in [0.25, 0.3) is 0 Å². The first-order chi connectivity index (χ1) is 9.52. The lowest BCUT2D eigenvalue weighted by Crippen LogP contribution is -2.49. The molecule has 1 aliphatic heterocycles. The minimum absolute atomic E-state index is 0.430. The maximum atomic E-state index is 9.68. The van der Waals surface area contributed by atoms with Gasteiger partial charge >= 0.3 is 0 Å². The monoisotopic (exact) mass is 340 g/mol. The maximum absolute atomic E-state index is 9.68. The second-order valence-electron chi connectivity index (χ2n) is 5.66. The Bertz CT molecular complexity index is 442. The van der Waals surface area contributed by atoms with Crippen molar-refractivity contribution in [2.24, 2.45) is 0 Å². The lowest BCUT2D eigenvalue weighted by atomic mass is 10.1. The van der Waals surface area contributed by atoms with E-state index in [-0.39, 0.29) is 0 Å². The standard InChI is InChI=1S/C16H25BrN2O/c1-4-12(2)18-7-9-19(10-8-18)14-5-6-15(13(3)20)16(17)11-14/h5-6,11-13,20H,4,7-10H2,1-3H3. The van der Waals surface area contributed by atoms with Crippen molar-refractivity contribution in [3.8, 4) is 0 Å². The number of hydrogen-bond acceptors (Lipinski definition) is 3. The molecule has 0 aliphatic carbocycles. The van der Waals surface area contributed by atoms with Crippen LogP contribution >= 0.6 is 15.9 Å². The Balaban J connectivity index is 2.02. The Kier molecular flexibility index (Phi) is 5.47. The molecular weight excluding hydrogens is 316 g/mol. The van der Waals surface area contributed by atoms with E-state index < -0.39 is 6.10 Å². The highest BCUT2D eigenvalue weighted by atomic mass is 79.9. The molecule has 1 heterocycles. The van der Waals surface area contributed by atoms with Gasteiger partial charge < -0.3 is 10.0 Å². The summed E-state index contributed by atoms with van der Waals surface area (Å²) in [5, 5.41) is 9.68. The average Bonchev–Trinajstić information content (AvgIpc) is 2.46. The van der Waals surface area contributed by atoms with Crippen molar-refractivity contribution >= 4 is 21.6 Å². The predicted molar refractivity (Wildman–Crippen MR) is 88.3 cm³/mol. The molecule has 0 bridgehead atoms. The summed E-state index contributed by atoms with van der Waals surface area (Å²) in [6.07, 6.45) is 0.787. The van der Waals surface area contributed by atoms with E-state index in [0.29, 0.717) is 6.04 Å². The van der Waals surface area contributed by atoms with Crippen molar-refractivity contribution in [2.45, 2.75) is 39.3 Å². The molecule has 1 aliphatic rings. The highest BCUT2D eigenvalue weighted by molar-refractivity contribution is 9.10. The quantitative estimate of drug-likeness (QED) is 0.909. The molecule has 3 nitrogen and oxygen atoms in total. The third-order valence-corrected chi connectivity index (χ3v) is 5.01. The number of piperazine rings is 1. The van der Waals surface area contributed by atoms with E-state index in [4.69, 9.17) is 0 Å². The molecule has 1 aromatic carbocycles. The molecule has 0 amide bonds. The molecule has 1 N–H and O–H groups in total. The summed E-state index contributed by atoms with van der Waals surface area (Å²) in [4.78, 5) is 4.99. The van der Waals surface area contributed by atoms with Gasteiger partial charge in [0.2, 0.25) is 0 Å². The SMILES string of the molecule is CCC(C)N1CCN(c2ccc(C(C)O)c(Br)c2)CC1. The van der Waals surface area contributed by atoms with Gasteiger partial charge in [-0.05, 0) is 38.0 Å². The fourth-order valence-corrected chi connectivity index (χ4v) is 3.43. The molecule has 2 rings (SSSR count). The highest BCUT2D eigenvalue weighted by Crippen LogP contribution is 2.29. The van der Waals surface area contributed by atoms with Gasteiger partial charge in [-0.2, -0.15) is 0 Å². The molecule has 0 radical (unpaired) electrons. The van der Waals surface area contributed by atoms with Crippen LogP contribution in [0.3, 0.4) is 0 Å². The third-order valence-electron chi connectivity index (χ3n) is 4.33. The number of halogens is 1. The summed E-state index contributed by atoms with van der Waals surface area (Å²) in [5.74, 6) is 0. The second kappa shape index (κ2) is 6.92. The zero-order valence-electron chi connectivity index (χ0n) is 12.6. The van der Waals surface area contributed by atoms with E-state index >= 15 is 0 Å². The smallest absolute Gasteiger partial charge is 0.0772 e. The summed E-state index contributed by atoms with van der Waals surface area (Å²) >= 11 is 3.56. The van der Waals surface area contributed by atoms with Crippen molar-refractivity contribution in [2.75, 3.05) is 31.1 Å². The fraction of sp³-hybridized carbons (Fsp3) is 0.625. The minimum atomic E-state index is -0.430. The molecule has 1 aromatic rings. The molecule has 20 heavy (non-hydrogen) atoms. The van der Waals surface area contributed by atoms with Crippen LogP contribution in [0.15, 0.2) is 22.7 Å². The van der Waals surface area contributed by atoms with Crippen LogP contribution in [0, 0.1) is 0 Å². The van der Waals surface area contributed by atoms with Gasteiger partial charge in [-0.1, -0.05) is 28.9 Å². The Morgan fingerprint density at radius 2 is 1.85 bits per heavy atom. The molecular formula is C16H25BrN2O. The van der Waals surface area contributed by atoms with Gasteiger partial charge in [0.15, 0.2) is 0 Å². The lowest BCUT2D eigenvalue weighted by molar-refractivity contribution is 0.192. The van der Waals surface area contributed by atoms with Gasteiger partial charge in [0, 0.05) is 42.4 Å². The van der Waals surface area contributed by atoms with Crippen LogP contribution in [0.2, 0.25) is 0 Å². The van der Waals surface area contributed by atoms with E-state index in [0.717, 1.165) is 36.2 Å². The van der Waals surface area contributed by atoms with Crippen LogP contribution in [0.5, 0.6) is 0 Å². The van der Waals surface area contributed by atoms with Crippen molar-refractivity contribution in [1.82, 2.24) is 4.90 Å². The van der Waals surface area contributed by atoms with Gasteiger partial charge in [0.1, 0.15) is 0 Å². The molecule has 1 saturated heterocycles. The fourth-order valence-electron chi connectivity index (χ4n) is 2.73. The van der Waals surface area contributed by atoms with E-state index in [1.54, 1.807) is 6.92 Å². The van der Waals surface area contributed by atoms with Crippen LogP contribution in [0.1, 0.15) is 38.9 Å². The average molecular weight is 341 g/mol. The van der Waals surface area contributed by atoms with E-state index in [1.807, 2.05) is 6.07 Å². The zero-order chi connectivity index (χ0) is 14.7. The Labute approximate surface area is 130 Å². The predicted octanol–water partition coefficient (Wildman–Crippen LogP) is 3.42. The summed E-state index contributed by atoms with van der Waals surface area (Å²) < 4.78 is 0.995. The van der Waals surface area contributed by atoms with Gasteiger partial charge in [-0.3, -0.25) is 4.90 Å². The van der Waals surface area contributed by atoms with Crippen molar-refractivity contribution < 1.29 is 5.11 Å². The van der Waals surface area contributed by atoms with Crippen LogP contribution in [-0.2, 0) is 0 Å². The number of aliphatic hydroxyl groups excluding tert-OH is 1. The van der Waals surface area contributed by atoms with E-state index in [2.05, 4.69) is 51.7 Å². The van der Waals surface area contributed by atoms with Crippen molar-refractivity contribution in [1.29, 1.82) is 0 Å². The minimum Gasteiger partial charge on any atom is -0.389 e. The first kappa shape index (κ1) is 15.8. The second-order valence-corrected chi connectivity index (χ2v) is 6.52. The van der Waals surface area contributed by atoms with E-state index in [9.17, 15) is 5.11 Å². The summed E-state index contributed by atoms with van der Waals surface area (Å²) in [5.41, 5.74) is 2.19. The molecule has 4 heteroatoms. The molecule has 0 aromatic heterocycles. The summed E-state index contributed by atoms with van der Waals surface area (Å²) in [7, 11) is 0. The number of nitrogens with zero attached hydrogens (tertiary/aromatic N) is 2. The Morgan fingerprint density at radius 3 is 2.35 bits per heavy atom. The Morgan fingerprint density at radius 1 is 1.20 bits per heavy atom. The summed E-state index contributed by atoms with van der Waals surface area (Å²) in [6.45, 7) is 10.8. The number of benzene rings is 1. The van der Waals surface area contributed by atoms with Gasteiger partial charge in [0.05, 0.1) is 6.10 Å².